The molecule has 1 aromatic rings. The quantitative estimate of drug-likeness (QED) is 0.545. The van der Waals surface area contributed by atoms with E-state index < -0.39 is 19.1 Å². The Morgan fingerprint density at radius 3 is 2.19 bits per heavy atom. The summed E-state index contributed by atoms with van der Waals surface area (Å²) < 4.78 is 47.9. The van der Waals surface area contributed by atoms with Crippen molar-refractivity contribution in [2.24, 2.45) is 0 Å². The molecule has 0 saturated heterocycles. The van der Waals surface area contributed by atoms with E-state index in [2.05, 4.69) is 4.72 Å². The van der Waals surface area contributed by atoms with Crippen LogP contribution in [-0.2, 0) is 25.5 Å². The molecule has 0 aliphatic rings. The number of unbranched alkanes of at least 4 members (excludes halogenated alkanes) is 1. The summed E-state index contributed by atoms with van der Waals surface area (Å²) in [6.07, 6.45) is 2.82. The topological polar surface area (TPSA) is 80.3 Å². The van der Waals surface area contributed by atoms with Crippen LogP contribution in [0.1, 0.15) is 31.7 Å². The predicted molar refractivity (Wildman–Crippen MR) is 84.5 cm³/mol. The average Bonchev–Trinajstić information content (AvgIpc) is 2.41. The van der Waals surface area contributed by atoms with Crippen LogP contribution in [0.2, 0.25) is 0 Å². The van der Waals surface area contributed by atoms with E-state index >= 15 is 0 Å². The maximum atomic E-state index is 11.6. The standard InChI is InChI=1S/C13H20ClNO4S2/c1-2-3-11-20(16,17)15-10-4-5-12-6-8-13(9-7-12)21(14,18)19/h6-9,15H,2-5,10-11H2,1H3. The van der Waals surface area contributed by atoms with Gasteiger partial charge < -0.3 is 0 Å². The van der Waals surface area contributed by atoms with Gasteiger partial charge in [0.05, 0.1) is 10.6 Å². The van der Waals surface area contributed by atoms with Crippen LogP contribution in [0, 0.1) is 0 Å². The molecule has 0 amide bonds. The van der Waals surface area contributed by atoms with E-state index in [-0.39, 0.29) is 10.6 Å². The van der Waals surface area contributed by atoms with Crippen molar-refractivity contribution in [3.05, 3.63) is 29.8 Å². The molecule has 0 atom stereocenters. The van der Waals surface area contributed by atoms with E-state index in [4.69, 9.17) is 10.7 Å². The molecule has 0 aliphatic carbocycles. The van der Waals surface area contributed by atoms with E-state index in [1.807, 2.05) is 6.92 Å². The van der Waals surface area contributed by atoms with Crippen LogP contribution in [0.3, 0.4) is 0 Å². The summed E-state index contributed by atoms with van der Waals surface area (Å²) in [5.74, 6) is 0.159. The highest BCUT2D eigenvalue weighted by atomic mass is 35.7. The molecule has 120 valence electrons. The third-order valence-electron chi connectivity index (χ3n) is 2.94. The van der Waals surface area contributed by atoms with Crippen LogP contribution in [0.15, 0.2) is 29.2 Å². The lowest BCUT2D eigenvalue weighted by Gasteiger charge is -2.06. The highest BCUT2D eigenvalue weighted by molar-refractivity contribution is 8.13. The Bertz CT molecular complexity index is 639. The SMILES string of the molecule is CCCCS(=O)(=O)NCCCc1ccc(S(=O)(=O)Cl)cc1. The predicted octanol–water partition coefficient (Wildman–Crippen LogP) is 2.27. The van der Waals surface area contributed by atoms with Crippen LogP contribution in [0.25, 0.3) is 0 Å². The number of hydrogen-bond donors (Lipinski definition) is 1. The van der Waals surface area contributed by atoms with Gasteiger partial charge in [-0.25, -0.2) is 21.6 Å². The number of halogens is 1. The number of nitrogens with one attached hydrogen (secondary N) is 1. The molecule has 0 saturated carbocycles. The summed E-state index contributed by atoms with van der Waals surface area (Å²) in [6, 6.07) is 6.26. The van der Waals surface area contributed by atoms with E-state index in [1.165, 1.54) is 12.1 Å². The third-order valence-corrected chi connectivity index (χ3v) is 5.78. The van der Waals surface area contributed by atoms with Gasteiger partial charge in [-0.2, -0.15) is 0 Å². The lowest BCUT2D eigenvalue weighted by atomic mass is 10.1. The first kappa shape index (κ1) is 18.4. The second-order valence-corrected chi connectivity index (χ2v) is 9.24. The molecule has 0 radical (unpaired) electrons. The van der Waals surface area contributed by atoms with Crippen molar-refractivity contribution in [1.29, 1.82) is 0 Å². The Balaban J connectivity index is 2.40. The molecule has 0 spiro atoms. The maximum Gasteiger partial charge on any atom is 0.261 e. The zero-order valence-electron chi connectivity index (χ0n) is 11.9. The van der Waals surface area contributed by atoms with E-state index in [1.54, 1.807) is 12.1 Å². The maximum absolute atomic E-state index is 11.6. The van der Waals surface area contributed by atoms with Crippen molar-refractivity contribution in [2.45, 2.75) is 37.5 Å². The van der Waals surface area contributed by atoms with Gasteiger partial charge in [-0.15, -0.1) is 0 Å². The number of benzene rings is 1. The number of sulfonamides is 1. The summed E-state index contributed by atoms with van der Waals surface area (Å²) in [5, 5.41) is 0. The molecular formula is C13H20ClNO4S2. The monoisotopic (exact) mass is 353 g/mol. The fourth-order valence-corrected chi connectivity index (χ4v) is 3.78. The van der Waals surface area contributed by atoms with Gasteiger partial charge in [0.15, 0.2) is 0 Å². The molecule has 0 aromatic heterocycles. The summed E-state index contributed by atoms with van der Waals surface area (Å²) in [7, 11) is -1.64. The van der Waals surface area contributed by atoms with Crippen molar-refractivity contribution in [3.63, 3.8) is 0 Å². The highest BCUT2D eigenvalue weighted by Gasteiger charge is 2.10. The van der Waals surface area contributed by atoms with E-state index in [0.29, 0.717) is 25.8 Å². The minimum absolute atomic E-state index is 0.0631. The molecule has 21 heavy (non-hydrogen) atoms. The molecule has 0 fully saturated rings. The minimum atomic E-state index is -3.69. The summed E-state index contributed by atoms with van der Waals surface area (Å²) in [6.45, 7) is 2.32. The van der Waals surface area contributed by atoms with Gasteiger partial charge in [0.2, 0.25) is 10.0 Å². The Morgan fingerprint density at radius 2 is 1.67 bits per heavy atom. The minimum Gasteiger partial charge on any atom is -0.215 e. The Kier molecular flexibility index (Phi) is 7.12. The Hall–Kier alpha value is -0.630. The van der Waals surface area contributed by atoms with Gasteiger partial charge in [0.1, 0.15) is 0 Å². The van der Waals surface area contributed by atoms with E-state index in [0.717, 1.165) is 12.0 Å². The number of hydrogen-bond acceptors (Lipinski definition) is 4. The Morgan fingerprint density at radius 1 is 1.05 bits per heavy atom. The van der Waals surface area contributed by atoms with Gasteiger partial charge in [-0.05, 0) is 37.0 Å². The van der Waals surface area contributed by atoms with Gasteiger partial charge in [0, 0.05) is 17.2 Å². The molecule has 1 rings (SSSR count). The van der Waals surface area contributed by atoms with Gasteiger partial charge in [0.25, 0.3) is 9.05 Å². The summed E-state index contributed by atoms with van der Waals surface area (Å²) in [4.78, 5) is 0.0631. The molecule has 1 aromatic carbocycles. The van der Waals surface area contributed by atoms with Crippen molar-refractivity contribution >= 4 is 29.8 Å². The summed E-state index contributed by atoms with van der Waals surface area (Å²) >= 11 is 0. The molecule has 0 heterocycles. The lowest BCUT2D eigenvalue weighted by Crippen LogP contribution is -2.27. The van der Waals surface area contributed by atoms with Crippen LogP contribution in [0.5, 0.6) is 0 Å². The van der Waals surface area contributed by atoms with Crippen LogP contribution in [0.4, 0.5) is 0 Å². The van der Waals surface area contributed by atoms with Gasteiger partial charge in [-0.3, -0.25) is 0 Å². The highest BCUT2D eigenvalue weighted by Crippen LogP contribution is 2.15. The zero-order valence-corrected chi connectivity index (χ0v) is 14.3. The van der Waals surface area contributed by atoms with Gasteiger partial charge >= 0.3 is 0 Å². The van der Waals surface area contributed by atoms with Crippen molar-refractivity contribution in [2.75, 3.05) is 12.3 Å². The normalized spacial score (nSPS) is 12.5. The molecular weight excluding hydrogens is 334 g/mol. The van der Waals surface area contributed by atoms with Crippen molar-refractivity contribution < 1.29 is 16.8 Å². The second kappa shape index (κ2) is 8.12. The first-order valence-corrected chi connectivity index (χ1v) is 10.7. The van der Waals surface area contributed by atoms with Crippen molar-refractivity contribution in [3.8, 4) is 0 Å². The number of aryl methyl sites for hydroxylation is 1. The van der Waals surface area contributed by atoms with Crippen LogP contribution < -0.4 is 4.72 Å². The number of rotatable bonds is 9. The molecule has 8 heteroatoms. The zero-order chi connectivity index (χ0) is 15.9. The Labute approximate surface area is 131 Å². The van der Waals surface area contributed by atoms with E-state index in [9.17, 15) is 16.8 Å². The van der Waals surface area contributed by atoms with Crippen LogP contribution >= 0.6 is 10.7 Å². The first-order chi connectivity index (χ1) is 9.74. The first-order valence-electron chi connectivity index (χ1n) is 6.75. The van der Waals surface area contributed by atoms with Crippen LogP contribution in [-0.4, -0.2) is 29.1 Å². The largest absolute Gasteiger partial charge is 0.261 e. The second-order valence-electron chi connectivity index (χ2n) is 4.75. The molecule has 0 aliphatic heterocycles. The smallest absolute Gasteiger partial charge is 0.215 e. The van der Waals surface area contributed by atoms with Gasteiger partial charge in [-0.1, -0.05) is 25.5 Å². The molecule has 0 bridgehead atoms. The third kappa shape index (κ3) is 7.26. The lowest BCUT2D eigenvalue weighted by molar-refractivity contribution is 0.575. The molecule has 0 unspecified atom stereocenters. The fraction of sp³-hybridized carbons (Fsp3) is 0.538. The van der Waals surface area contributed by atoms with Crippen molar-refractivity contribution in [1.82, 2.24) is 4.72 Å². The average molecular weight is 354 g/mol. The molecule has 1 N–H and O–H groups in total. The summed E-state index contributed by atoms with van der Waals surface area (Å²) in [5.41, 5.74) is 0.937. The fourth-order valence-electron chi connectivity index (χ4n) is 1.75. The molecule has 5 nitrogen and oxygen atoms in total.